The minimum atomic E-state index is 0.532. The van der Waals surface area contributed by atoms with E-state index in [1.165, 1.54) is 44.2 Å². The summed E-state index contributed by atoms with van der Waals surface area (Å²) in [4.78, 5) is 0. The first-order valence-corrected chi connectivity index (χ1v) is 10.3. The summed E-state index contributed by atoms with van der Waals surface area (Å²) in [5.41, 5.74) is 5.24. The second-order valence-corrected chi connectivity index (χ2v) is 8.94. The van der Waals surface area contributed by atoms with Crippen LogP contribution in [0.15, 0.2) is 30.0 Å². The minimum absolute atomic E-state index is 0.532. The van der Waals surface area contributed by atoms with E-state index in [2.05, 4.69) is 16.1 Å². The Labute approximate surface area is 164 Å². The van der Waals surface area contributed by atoms with E-state index in [-0.39, 0.29) is 0 Å². The lowest BCUT2D eigenvalue weighted by atomic mass is 9.60. The Morgan fingerprint density at radius 1 is 1.12 bits per heavy atom. The SMILES string of the molecule is Clc1cccc(Cl)c1-c1cnn(C2CC2)c1C=C1CC2(CCNCC2)C1. The van der Waals surface area contributed by atoms with Crippen molar-refractivity contribution >= 4 is 29.3 Å². The number of nitrogens with zero attached hydrogens (tertiary/aromatic N) is 2. The van der Waals surface area contributed by atoms with Gasteiger partial charge in [0.25, 0.3) is 0 Å². The van der Waals surface area contributed by atoms with E-state index in [1.807, 2.05) is 24.4 Å². The standard InChI is InChI=1S/C21H23Cl2N3/c22-17-2-1-3-18(23)20(17)16-13-25-26(15-4-5-15)19(16)10-14-11-21(12-14)6-8-24-9-7-21/h1-3,10,13,15,24H,4-9,11-12H2. The van der Waals surface area contributed by atoms with Crippen LogP contribution in [-0.4, -0.2) is 22.9 Å². The van der Waals surface area contributed by atoms with Gasteiger partial charge in [0.05, 0.1) is 28.0 Å². The Bertz CT molecular complexity index is 843. The smallest absolute Gasteiger partial charge is 0.0692 e. The van der Waals surface area contributed by atoms with Crippen molar-refractivity contribution in [1.29, 1.82) is 0 Å². The summed E-state index contributed by atoms with van der Waals surface area (Å²) in [5, 5.41) is 9.56. The number of aromatic nitrogens is 2. The van der Waals surface area contributed by atoms with Crippen LogP contribution in [0.3, 0.4) is 0 Å². The molecule has 0 unspecified atom stereocenters. The molecule has 1 saturated heterocycles. The summed E-state index contributed by atoms with van der Waals surface area (Å²) in [6, 6.07) is 6.23. The number of allylic oxidation sites excluding steroid dienone is 1. The molecule has 26 heavy (non-hydrogen) atoms. The van der Waals surface area contributed by atoms with Gasteiger partial charge in [0, 0.05) is 11.1 Å². The molecule has 1 aromatic heterocycles. The summed E-state index contributed by atoms with van der Waals surface area (Å²) in [6.45, 7) is 2.32. The van der Waals surface area contributed by atoms with Gasteiger partial charge in [-0.05, 0) is 75.2 Å². The Balaban J connectivity index is 1.52. The molecule has 0 bridgehead atoms. The summed E-state index contributed by atoms with van der Waals surface area (Å²) < 4.78 is 2.19. The Morgan fingerprint density at radius 2 is 1.81 bits per heavy atom. The van der Waals surface area contributed by atoms with Gasteiger partial charge in [0.15, 0.2) is 0 Å². The van der Waals surface area contributed by atoms with Crippen molar-refractivity contribution in [3.63, 3.8) is 0 Å². The fourth-order valence-corrected chi connectivity index (χ4v) is 5.19. The van der Waals surface area contributed by atoms with Gasteiger partial charge >= 0.3 is 0 Å². The van der Waals surface area contributed by atoms with E-state index < -0.39 is 0 Å². The first-order chi connectivity index (χ1) is 12.7. The van der Waals surface area contributed by atoms with Gasteiger partial charge in [0.1, 0.15) is 0 Å². The second-order valence-electron chi connectivity index (χ2n) is 8.12. The monoisotopic (exact) mass is 387 g/mol. The molecule has 136 valence electrons. The molecule has 3 fully saturated rings. The van der Waals surface area contributed by atoms with Crippen LogP contribution >= 0.6 is 23.2 Å². The summed E-state index contributed by atoms with van der Waals surface area (Å²) >= 11 is 13.0. The molecule has 2 aromatic rings. The normalized spacial score (nSPS) is 21.7. The van der Waals surface area contributed by atoms with Gasteiger partial charge < -0.3 is 5.32 Å². The van der Waals surface area contributed by atoms with Crippen molar-refractivity contribution in [1.82, 2.24) is 15.1 Å². The molecule has 0 radical (unpaired) electrons. The summed E-state index contributed by atoms with van der Waals surface area (Å²) in [6.07, 6.45) is 11.8. The largest absolute Gasteiger partial charge is 0.317 e. The lowest BCUT2D eigenvalue weighted by molar-refractivity contribution is 0.143. The number of piperidine rings is 1. The zero-order valence-electron chi connectivity index (χ0n) is 14.8. The maximum atomic E-state index is 6.49. The highest BCUT2D eigenvalue weighted by atomic mass is 35.5. The van der Waals surface area contributed by atoms with Crippen molar-refractivity contribution < 1.29 is 0 Å². The molecule has 1 aliphatic heterocycles. The number of halogens is 2. The number of nitrogens with one attached hydrogen (secondary N) is 1. The van der Waals surface area contributed by atoms with E-state index in [0.29, 0.717) is 21.5 Å². The van der Waals surface area contributed by atoms with Crippen LogP contribution in [0.2, 0.25) is 10.0 Å². The maximum absolute atomic E-state index is 6.49. The zero-order chi connectivity index (χ0) is 17.7. The maximum Gasteiger partial charge on any atom is 0.0692 e. The molecule has 2 saturated carbocycles. The molecule has 1 aromatic carbocycles. The lowest BCUT2D eigenvalue weighted by Crippen LogP contribution is -2.42. The molecule has 3 nitrogen and oxygen atoms in total. The van der Waals surface area contributed by atoms with Gasteiger partial charge in [-0.2, -0.15) is 5.10 Å². The Hall–Kier alpha value is -1.29. The van der Waals surface area contributed by atoms with E-state index in [9.17, 15) is 0 Å². The Morgan fingerprint density at radius 3 is 2.46 bits per heavy atom. The zero-order valence-corrected chi connectivity index (χ0v) is 16.3. The van der Waals surface area contributed by atoms with Crippen LogP contribution in [0, 0.1) is 5.41 Å². The predicted octanol–water partition coefficient (Wildman–Crippen LogP) is 5.74. The molecule has 0 amide bonds. The van der Waals surface area contributed by atoms with Crippen molar-refractivity contribution in [2.45, 2.75) is 44.6 Å². The highest BCUT2D eigenvalue weighted by Crippen LogP contribution is 2.52. The number of hydrogen-bond acceptors (Lipinski definition) is 2. The van der Waals surface area contributed by atoms with Crippen molar-refractivity contribution in [2.75, 3.05) is 13.1 Å². The first kappa shape index (κ1) is 16.9. The molecule has 3 aliphatic rings. The van der Waals surface area contributed by atoms with Crippen LogP contribution in [0.25, 0.3) is 17.2 Å². The quantitative estimate of drug-likeness (QED) is 0.727. The molecule has 1 spiro atoms. The predicted molar refractivity (Wildman–Crippen MR) is 108 cm³/mol. The van der Waals surface area contributed by atoms with Crippen molar-refractivity contribution in [3.8, 4) is 11.1 Å². The highest BCUT2D eigenvalue weighted by molar-refractivity contribution is 6.39. The third-order valence-corrected chi connectivity index (χ3v) is 6.80. The number of rotatable bonds is 3. The average Bonchev–Trinajstić information content (AvgIpc) is 3.37. The fraction of sp³-hybridized carbons (Fsp3) is 0.476. The number of hydrogen-bond donors (Lipinski definition) is 1. The second kappa shape index (κ2) is 6.40. The van der Waals surface area contributed by atoms with Gasteiger partial charge in [-0.25, -0.2) is 0 Å². The van der Waals surface area contributed by atoms with Gasteiger partial charge in [-0.1, -0.05) is 34.8 Å². The molecular weight excluding hydrogens is 365 g/mol. The minimum Gasteiger partial charge on any atom is -0.317 e. The van der Waals surface area contributed by atoms with Crippen LogP contribution in [-0.2, 0) is 0 Å². The molecule has 0 atom stereocenters. The van der Waals surface area contributed by atoms with Crippen LogP contribution in [0.5, 0.6) is 0 Å². The number of benzene rings is 1. The van der Waals surface area contributed by atoms with Gasteiger partial charge in [-0.3, -0.25) is 4.68 Å². The lowest BCUT2D eigenvalue weighted by Gasteiger charge is -2.47. The van der Waals surface area contributed by atoms with E-state index in [0.717, 1.165) is 24.2 Å². The van der Waals surface area contributed by atoms with E-state index in [1.54, 1.807) is 5.57 Å². The highest BCUT2D eigenvalue weighted by Gasteiger charge is 2.41. The third kappa shape index (κ3) is 2.90. The molecule has 5 rings (SSSR count). The first-order valence-electron chi connectivity index (χ1n) is 9.57. The average molecular weight is 388 g/mol. The fourth-order valence-electron chi connectivity index (χ4n) is 4.59. The molecule has 1 N–H and O–H groups in total. The van der Waals surface area contributed by atoms with E-state index in [4.69, 9.17) is 28.3 Å². The molecule has 2 aliphatic carbocycles. The van der Waals surface area contributed by atoms with Gasteiger partial charge in [-0.15, -0.1) is 0 Å². The van der Waals surface area contributed by atoms with Crippen LogP contribution in [0.1, 0.15) is 50.3 Å². The van der Waals surface area contributed by atoms with Crippen LogP contribution < -0.4 is 5.32 Å². The third-order valence-electron chi connectivity index (χ3n) is 6.17. The summed E-state index contributed by atoms with van der Waals surface area (Å²) in [5.74, 6) is 0. The van der Waals surface area contributed by atoms with Gasteiger partial charge in [0.2, 0.25) is 0 Å². The Kier molecular flexibility index (Phi) is 4.15. The summed E-state index contributed by atoms with van der Waals surface area (Å²) in [7, 11) is 0. The van der Waals surface area contributed by atoms with Crippen molar-refractivity contribution in [3.05, 3.63) is 45.7 Å². The van der Waals surface area contributed by atoms with E-state index >= 15 is 0 Å². The molecule has 2 heterocycles. The molecular formula is C21H23Cl2N3. The van der Waals surface area contributed by atoms with Crippen molar-refractivity contribution in [2.24, 2.45) is 5.41 Å². The molecule has 5 heteroatoms. The van der Waals surface area contributed by atoms with Crippen LogP contribution in [0.4, 0.5) is 0 Å². The topological polar surface area (TPSA) is 29.9 Å².